The number of nitriles is 1. The van der Waals surface area contributed by atoms with Gasteiger partial charge in [0.1, 0.15) is 0 Å². The molecule has 1 heterocycles. The molecule has 0 aromatic heterocycles. The van der Waals surface area contributed by atoms with E-state index in [2.05, 4.69) is 17.9 Å². The topological polar surface area (TPSA) is 64.3 Å². The van der Waals surface area contributed by atoms with Gasteiger partial charge in [-0.3, -0.25) is 4.79 Å². The second-order valence-corrected chi connectivity index (χ2v) is 5.71. The quantitative estimate of drug-likeness (QED) is 0.809. The summed E-state index contributed by atoms with van der Waals surface area (Å²) in [5, 5.41) is 17.8. The Hall–Kier alpha value is -1.08. The van der Waals surface area contributed by atoms with Crippen LogP contribution in [0.1, 0.15) is 39.0 Å². The van der Waals surface area contributed by atoms with Crippen molar-refractivity contribution in [1.29, 1.82) is 5.26 Å². The van der Waals surface area contributed by atoms with Gasteiger partial charge < -0.3 is 10.0 Å². The average Bonchev–Trinajstić information content (AvgIpc) is 3.01. The van der Waals surface area contributed by atoms with Gasteiger partial charge in [-0.25, -0.2) is 0 Å². The Bertz CT molecular complexity index is 344. The van der Waals surface area contributed by atoms with Crippen molar-refractivity contribution in [2.24, 2.45) is 11.3 Å². The zero-order chi connectivity index (χ0) is 12.5. The number of carboxylic acid groups (broad SMARTS) is 1. The van der Waals surface area contributed by atoms with E-state index in [0.717, 1.165) is 38.8 Å². The maximum Gasteiger partial charge on any atom is 0.306 e. The highest BCUT2D eigenvalue weighted by atomic mass is 16.4. The largest absolute Gasteiger partial charge is 0.481 e. The average molecular weight is 236 g/mol. The molecule has 1 aliphatic heterocycles. The molecule has 0 radical (unpaired) electrons. The first-order valence-corrected chi connectivity index (χ1v) is 6.40. The second kappa shape index (κ2) is 4.66. The Morgan fingerprint density at radius 3 is 2.76 bits per heavy atom. The van der Waals surface area contributed by atoms with Crippen LogP contribution in [0.2, 0.25) is 0 Å². The first-order chi connectivity index (χ1) is 8.06. The lowest BCUT2D eigenvalue weighted by atomic mass is 9.90. The van der Waals surface area contributed by atoms with Gasteiger partial charge >= 0.3 is 5.97 Å². The molecule has 1 N–H and O–H groups in total. The van der Waals surface area contributed by atoms with Crippen molar-refractivity contribution < 1.29 is 9.90 Å². The summed E-state index contributed by atoms with van der Waals surface area (Å²) in [5.74, 6) is -0.831. The minimum Gasteiger partial charge on any atom is -0.481 e. The van der Waals surface area contributed by atoms with Crippen LogP contribution >= 0.6 is 0 Å². The zero-order valence-electron chi connectivity index (χ0n) is 10.4. The van der Waals surface area contributed by atoms with Gasteiger partial charge in [0, 0.05) is 19.0 Å². The fourth-order valence-corrected chi connectivity index (χ4v) is 2.85. The molecule has 0 aromatic rings. The predicted octanol–water partition coefficient (Wildman–Crippen LogP) is 1.87. The maximum atomic E-state index is 10.9. The van der Waals surface area contributed by atoms with Crippen molar-refractivity contribution in [3.05, 3.63) is 0 Å². The van der Waals surface area contributed by atoms with E-state index in [-0.39, 0.29) is 11.3 Å². The minimum absolute atomic E-state index is 0.174. The van der Waals surface area contributed by atoms with Crippen LogP contribution in [0.5, 0.6) is 0 Å². The van der Waals surface area contributed by atoms with Gasteiger partial charge in [0.2, 0.25) is 0 Å². The van der Waals surface area contributed by atoms with Crippen molar-refractivity contribution in [1.82, 2.24) is 4.90 Å². The van der Waals surface area contributed by atoms with E-state index in [0.29, 0.717) is 12.5 Å². The van der Waals surface area contributed by atoms with E-state index in [1.54, 1.807) is 0 Å². The van der Waals surface area contributed by atoms with Gasteiger partial charge in [-0.2, -0.15) is 5.26 Å². The highest BCUT2D eigenvalue weighted by Crippen LogP contribution is 2.49. The molecule has 2 aliphatic rings. The van der Waals surface area contributed by atoms with E-state index in [1.807, 2.05) is 0 Å². The van der Waals surface area contributed by atoms with Crippen molar-refractivity contribution >= 4 is 5.97 Å². The van der Waals surface area contributed by atoms with Crippen LogP contribution in [-0.4, -0.2) is 35.1 Å². The fourth-order valence-electron chi connectivity index (χ4n) is 2.85. The van der Waals surface area contributed by atoms with Crippen LogP contribution < -0.4 is 0 Å². The van der Waals surface area contributed by atoms with Gasteiger partial charge in [0.25, 0.3) is 0 Å². The SMILES string of the molecule is CC1CC(C(=O)O)CCN1CC1(CC#N)CC1. The lowest BCUT2D eigenvalue weighted by molar-refractivity contribution is -0.144. The molecule has 94 valence electrons. The summed E-state index contributed by atoms with van der Waals surface area (Å²) in [6.45, 7) is 3.96. The molecule has 2 fully saturated rings. The van der Waals surface area contributed by atoms with E-state index < -0.39 is 5.97 Å². The third-order valence-electron chi connectivity index (χ3n) is 4.31. The smallest absolute Gasteiger partial charge is 0.306 e. The molecule has 17 heavy (non-hydrogen) atoms. The van der Waals surface area contributed by atoms with Crippen LogP contribution in [0.3, 0.4) is 0 Å². The Morgan fingerprint density at radius 2 is 2.29 bits per heavy atom. The lowest BCUT2D eigenvalue weighted by Gasteiger charge is -2.38. The van der Waals surface area contributed by atoms with Crippen LogP contribution in [0.25, 0.3) is 0 Å². The molecule has 4 nitrogen and oxygen atoms in total. The molecular formula is C13H20N2O2. The van der Waals surface area contributed by atoms with Gasteiger partial charge in [-0.05, 0) is 44.6 Å². The lowest BCUT2D eigenvalue weighted by Crippen LogP contribution is -2.45. The number of aliphatic carboxylic acids is 1. The molecule has 2 rings (SSSR count). The van der Waals surface area contributed by atoms with Crippen molar-refractivity contribution in [2.75, 3.05) is 13.1 Å². The molecule has 0 bridgehead atoms. The number of likely N-dealkylation sites (tertiary alicyclic amines) is 1. The van der Waals surface area contributed by atoms with Gasteiger partial charge in [-0.15, -0.1) is 0 Å². The number of carbonyl (C=O) groups is 1. The number of hydrogen-bond donors (Lipinski definition) is 1. The number of carboxylic acids is 1. The summed E-state index contributed by atoms with van der Waals surface area (Å²) >= 11 is 0. The molecule has 2 atom stereocenters. The van der Waals surface area contributed by atoms with Gasteiger partial charge in [-0.1, -0.05) is 0 Å². The Balaban J connectivity index is 1.88. The van der Waals surface area contributed by atoms with Crippen LogP contribution in [0.15, 0.2) is 0 Å². The van der Waals surface area contributed by atoms with E-state index in [1.165, 1.54) is 0 Å². The first-order valence-electron chi connectivity index (χ1n) is 6.40. The highest BCUT2D eigenvalue weighted by Gasteiger charge is 2.45. The molecule has 4 heteroatoms. The summed E-state index contributed by atoms with van der Waals surface area (Å²) in [6.07, 6.45) is 4.47. The number of piperidine rings is 1. The van der Waals surface area contributed by atoms with Gasteiger partial charge in [0.05, 0.1) is 12.0 Å². The molecule has 1 aliphatic carbocycles. The van der Waals surface area contributed by atoms with E-state index in [9.17, 15) is 4.79 Å². The number of rotatable bonds is 4. The normalized spacial score (nSPS) is 31.8. The summed E-state index contributed by atoms with van der Waals surface area (Å²) in [6, 6.07) is 2.62. The monoisotopic (exact) mass is 236 g/mol. The molecule has 2 unspecified atom stereocenters. The molecule has 0 spiro atoms. The van der Waals surface area contributed by atoms with Crippen LogP contribution in [0.4, 0.5) is 0 Å². The third-order valence-corrected chi connectivity index (χ3v) is 4.31. The first kappa shape index (κ1) is 12.4. The molecule has 1 saturated heterocycles. The summed E-state index contributed by atoms with van der Waals surface area (Å²) < 4.78 is 0. The standard InChI is InChI=1S/C13H20N2O2/c1-10-8-11(12(16)17)2-7-15(10)9-13(3-4-13)5-6-14/h10-11H,2-5,7-9H2,1H3,(H,16,17). The maximum absolute atomic E-state index is 10.9. The number of hydrogen-bond acceptors (Lipinski definition) is 3. The van der Waals surface area contributed by atoms with Crippen molar-refractivity contribution in [3.63, 3.8) is 0 Å². The molecule has 0 amide bonds. The Labute approximate surface area is 102 Å². The third kappa shape index (κ3) is 2.78. The van der Waals surface area contributed by atoms with Crippen LogP contribution in [-0.2, 0) is 4.79 Å². The highest BCUT2D eigenvalue weighted by molar-refractivity contribution is 5.70. The molecule has 0 aromatic carbocycles. The Morgan fingerprint density at radius 1 is 1.59 bits per heavy atom. The molecule has 1 saturated carbocycles. The van der Waals surface area contributed by atoms with Crippen molar-refractivity contribution in [2.45, 2.75) is 45.1 Å². The van der Waals surface area contributed by atoms with Crippen LogP contribution in [0, 0.1) is 22.7 Å². The zero-order valence-corrected chi connectivity index (χ0v) is 10.4. The summed E-state index contributed by atoms with van der Waals surface area (Å²) in [7, 11) is 0. The second-order valence-electron chi connectivity index (χ2n) is 5.71. The Kier molecular flexibility index (Phi) is 3.39. The fraction of sp³-hybridized carbons (Fsp3) is 0.846. The van der Waals surface area contributed by atoms with E-state index >= 15 is 0 Å². The summed E-state index contributed by atoms with van der Waals surface area (Å²) in [5.41, 5.74) is 0.235. The minimum atomic E-state index is -0.658. The summed E-state index contributed by atoms with van der Waals surface area (Å²) in [4.78, 5) is 13.3. The van der Waals surface area contributed by atoms with Crippen molar-refractivity contribution in [3.8, 4) is 6.07 Å². The number of nitrogens with zero attached hydrogens (tertiary/aromatic N) is 2. The predicted molar refractivity (Wildman–Crippen MR) is 63.3 cm³/mol. The molecular weight excluding hydrogens is 216 g/mol. The van der Waals surface area contributed by atoms with Gasteiger partial charge in [0.15, 0.2) is 0 Å². The van der Waals surface area contributed by atoms with E-state index in [4.69, 9.17) is 10.4 Å².